The average molecular weight is 407 g/mol. The van der Waals surface area contributed by atoms with Crippen molar-refractivity contribution in [2.45, 2.75) is 25.8 Å². The topological polar surface area (TPSA) is 54.7 Å². The third-order valence-corrected chi connectivity index (χ3v) is 4.88. The van der Waals surface area contributed by atoms with Crippen molar-refractivity contribution >= 4 is 21.8 Å². The van der Waals surface area contributed by atoms with E-state index < -0.39 is 0 Å². The van der Waals surface area contributed by atoms with Crippen LogP contribution in [0.4, 0.5) is 0 Å². The molecule has 0 unspecified atom stereocenters. The number of carbonyl (C=O) groups excluding carboxylic acids is 1. The number of benzene rings is 1. The molecule has 1 atom stereocenters. The smallest absolute Gasteiger partial charge is 0.258 e. The van der Waals surface area contributed by atoms with E-state index in [1.165, 1.54) is 12.8 Å². The molecule has 0 bridgehead atoms. The number of hydrogen-bond acceptors (Lipinski definition) is 4. The van der Waals surface area contributed by atoms with E-state index in [1.807, 2.05) is 43.3 Å². The van der Waals surface area contributed by atoms with Gasteiger partial charge < -0.3 is 14.5 Å². The number of likely N-dealkylation sites (tertiary alicyclic amines) is 1. The van der Waals surface area contributed by atoms with Crippen LogP contribution in [-0.4, -0.2) is 37.0 Å². The van der Waals surface area contributed by atoms with E-state index in [-0.39, 0.29) is 18.6 Å². The van der Waals surface area contributed by atoms with Crippen LogP contribution in [0.1, 0.15) is 30.4 Å². The summed E-state index contributed by atoms with van der Waals surface area (Å²) in [5.41, 5.74) is 0. The van der Waals surface area contributed by atoms with Crippen LogP contribution in [0.5, 0.6) is 5.75 Å². The quantitative estimate of drug-likeness (QED) is 0.761. The van der Waals surface area contributed by atoms with Gasteiger partial charge in [0, 0.05) is 11.0 Å². The molecule has 1 N–H and O–H groups in total. The highest BCUT2D eigenvalue weighted by Gasteiger charge is 2.26. The molecular formula is C19H23BrN2O3. The van der Waals surface area contributed by atoms with Crippen molar-refractivity contribution in [3.8, 4) is 5.75 Å². The zero-order valence-corrected chi connectivity index (χ0v) is 15.9. The molecule has 3 rings (SSSR count). The largest absolute Gasteiger partial charge is 0.484 e. The van der Waals surface area contributed by atoms with Gasteiger partial charge >= 0.3 is 0 Å². The minimum atomic E-state index is -0.129. The fraction of sp³-hybridized carbons (Fsp3) is 0.421. The van der Waals surface area contributed by atoms with Gasteiger partial charge in [0.2, 0.25) is 0 Å². The first kappa shape index (κ1) is 18.0. The Labute approximate surface area is 156 Å². The molecular weight excluding hydrogens is 384 g/mol. The van der Waals surface area contributed by atoms with Crippen LogP contribution >= 0.6 is 15.9 Å². The number of hydrogen-bond donors (Lipinski definition) is 1. The van der Waals surface area contributed by atoms with E-state index in [0.717, 1.165) is 29.1 Å². The highest BCUT2D eigenvalue weighted by atomic mass is 79.9. The predicted octanol–water partition coefficient (Wildman–Crippen LogP) is 3.68. The fourth-order valence-electron chi connectivity index (χ4n) is 3.04. The first-order valence-corrected chi connectivity index (χ1v) is 9.36. The third-order valence-electron chi connectivity index (χ3n) is 4.35. The molecule has 0 radical (unpaired) electrons. The Balaban J connectivity index is 1.53. The molecule has 2 aromatic rings. The molecule has 0 aliphatic carbocycles. The average Bonchev–Trinajstić information content (AvgIpc) is 3.27. The van der Waals surface area contributed by atoms with Gasteiger partial charge in [-0.3, -0.25) is 9.69 Å². The highest BCUT2D eigenvalue weighted by molar-refractivity contribution is 9.10. The number of aryl methyl sites for hydroxylation is 1. The molecule has 1 saturated heterocycles. The molecule has 1 aromatic heterocycles. The highest BCUT2D eigenvalue weighted by Crippen LogP contribution is 2.26. The van der Waals surface area contributed by atoms with Crippen molar-refractivity contribution in [2.75, 3.05) is 26.2 Å². The van der Waals surface area contributed by atoms with E-state index in [2.05, 4.69) is 26.1 Å². The summed E-state index contributed by atoms with van der Waals surface area (Å²) < 4.78 is 12.3. The molecule has 134 valence electrons. The lowest BCUT2D eigenvalue weighted by Gasteiger charge is -2.26. The molecule has 6 heteroatoms. The molecule has 1 amide bonds. The standard InChI is InChI=1S/C19H23BrN2O3/c1-14-4-9-18(25-14)17(22-10-2-3-11-22)12-21-19(23)13-24-16-7-5-15(20)6-8-16/h4-9,17H,2-3,10-13H2,1H3,(H,21,23)/t17-/m0/s1. The Kier molecular flexibility index (Phi) is 6.15. The number of rotatable bonds is 7. The van der Waals surface area contributed by atoms with Crippen molar-refractivity contribution in [1.29, 1.82) is 0 Å². The van der Waals surface area contributed by atoms with Gasteiger partial charge in [0.1, 0.15) is 17.3 Å². The second kappa shape index (κ2) is 8.54. The number of nitrogens with zero attached hydrogens (tertiary/aromatic N) is 1. The van der Waals surface area contributed by atoms with Crippen molar-refractivity contribution in [1.82, 2.24) is 10.2 Å². The van der Waals surface area contributed by atoms with Crippen LogP contribution in [0, 0.1) is 6.92 Å². The van der Waals surface area contributed by atoms with Gasteiger partial charge in [-0.1, -0.05) is 15.9 Å². The Morgan fingerprint density at radius 1 is 1.24 bits per heavy atom. The third kappa shape index (κ3) is 5.09. The van der Waals surface area contributed by atoms with Crippen LogP contribution in [0.3, 0.4) is 0 Å². The Morgan fingerprint density at radius 3 is 2.60 bits per heavy atom. The van der Waals surface area contributed by atoms with Gasteiger partial charge in [-0.15, -0.1) is 0 Å². The predicted molar refractivity (Wildman–Crippen MR) is 99.6 cm³/mol. The van der Waals surface area contributed by atoms with Gasteiger partial charge in [-0.25, -0.2) is 0 Å². The van der Waals surface area contributed by atoms with Gasteiger partial charge in [0.15, 0.2) is 6.61 Å². The Bertz CT molecular complexity index is 693. The molecule has 1 aromatic carbocycles. The van der Waals surface area contributed by atoms with Crippen molar-refractivity contribution in [3.63, 3.8) is 0 Å². The van der Waals surface area contributed by atoms with Crippen LogP contribution in [0.15, 0.2) is 45.3 Å². The summed E-state index contributed by atoms with van der Waals surface area (Å²) >= 11 is 3.37. The van der Waals surface area contributed by atoms with Gasteiger partial charge in [0.05, 0.1) is 6.04 Å². The summed E-state index contributed by atoms with van der Waals surface area (Å²) in [6, 6.07) is 11.5. The Morgan fingerprint density at radius 2 is 1.96 bits per heavy atom. The first-order chi connectivity index (χ1) is 12.1. The van der Waals surface area contributed by atoms with Crippen LogP contribution in [-0.2, 0) is 4.79 Å². The lowest BCUT2D eigenvalue weighted by molar-refractivity contribution is -0.123. The second-order valence-electron chi connectivity index (χ2n) is 6.25. The number of nitrogens with one attached hydrogen (secondary N) is 1. The number of furan rings is 1. The fourth-order valence-corrected chi connectivity index (χ4v) is 3.30. The zero-order valence-electron chi connectivity index (χ0n) is 14.3. The normalized spacial score (nSPS) is 15.9. The summed E-state index contributed by atoms with van der Waals surface area (Å²) in [4.78, 5) is 14.5. The maximum absolute atomic E-state index is 12.1. The zero-order chi connectivity index (χ0) is 17.6. The monoisotopic (exact) mass is 406 g/mol. The minimum absolute atomic E-state index is 0.00549. The molecule has 1 fully saturated rings. The van der Waals surface area contributed by atoms with Crippen LogP contribution < -0.4 is 10.1 Å². The second-order valence-corrected chi connectivity index (χ2v) is 7.17. The number of ether oxygens (including phenoxy) is 1. The van der Waals surface area contributed by atoms with Gasteiger partial charge in [-0.05, 0) is 69.3 Å². The van der Waals surface area contributed by atoms with Crippen LogP contribution in [0.2, 0.25) is 0 Å². The van der Waals surface area contributed by atoms with Crippen molar-refractivity contribution < 1.29 is 13.9 Å². The Hall–Kier alpha value is -1.79. The van der Waals surface area contributed by atoms with E-state index in [9.17, 15) is 4.79 Å². The molecule has 1 aliphatic heterocycles. The van der Waals surface area contributed by atoms with E-state index in [0.29, 0.717) is 12.3 Å². The molecule has 2 heterocycles. The molecule has 5 nitrogen and oxygen atoms in total. The maximum atomic E-state index is 12.1. The van der Waals surface area contributed by atoms with Gasteiger partial charge in [-0.2, -0.15) is 0 Å². The first-order valence-electron chi connectivity index (χ1n) is 8.57. The number of halogens is 1. The van der Waals surface area contributed by atoms with E-state index in [1.54, 1.807) is 0 Å². The minimum Gasteiger partial charge on any atom is -0.484 e. The van der Waals surface area contributed by atoms with Crippen LogP contribution in [0.25, 0.3) is 0 Å². The number of carbonyl (C=O) groups is 1. The van der Waals surface area contributed by atoms with Gasteiger partial charge in [0.25, 0.3) is 5.91 Å². The lowest BCUT2D eigenvalue weighted by atomic mass is 10.2. The molecule has 0 spiro atoms. The van der Waals surface area contributed by atoms with E-state index >= 15 is 0 Å². The van der Waals surface area contributed by atoms with Crippen molar-refractivity contribution in [2.24, 2.45) is 0 Å². The molecule has 25 heavy (non-hydrogen) atoms. The summed E-state index contributed by atoms with van der Waals surface area (Å²) in [5.74, 6) is 2.35. The lowest BCUT2D eigenvalue weighted by Crippen LogP contribution is -2.38. The maximum Gasteiger partial charge on any atom is 0.258 e. The SMILES string of the molecule is Cc1ccc([C@H](CNC(=O)COc2ccc(Br)cc2)N2CCCC2)o1. The van der Waals surface area contributed by atoms with E-state index in [4.69, 9.17) is 9.15 Å². The summed E-state index contributed by atoms with van der Waals surface area (Å²) in [6.07, 6.45) is 2.38. The molecule has 0 saturated carbocycles. The summed E-state index contributed by atoms with van der Waals surface area (Å²) in [6.45, 7) is 4.54. The van der Waals surface area contributed by atoms with Crippen molar-refractivity contribution in [3.05, 3.63) is 52.4 Å². The summed E-state index contributed by atoms with van der Waals surface area (Å²) in [7, 11) is 0. The molecule has 1 aliphatic rings. The summed E-state index contributed by atoms with van der Waals surface area (Å²) in [5, 5.41) is 2.97. The number of amides is 1.